The molecule has 1 fully saturated rings. The first-order chi connectivity index (χ1) is 16.8. The van der Waals surface area contributed by atoms with Gasteiger partial charge in [0, 0.05) is 39.3 Å². The predicted molar refractivity (Wildman–Crippen MR) is 134 cm³/mol. The fraction of sp³-hybridized carbons (Fsp3) is 0.321. The van der Waals surface area contributed by atoms with E-state index in [0.717, 1.165) is 55.3 Å². The lowest BCUT2D eigenvalue weighted by atomic mass is 10.2. The van der Waals surface area contributed by atoms with E-state index in [4.69, 9.17) is 9.47 Å². The van der Waals surface area contributed by atoms with Crippen LogP contribution in [0.2, 0.25) is 0 Å². The van der Waals surface area contributed by atoms with Crippen molar-refractivity contribution in [3.63, 3.8) is 0 Å². The number of carbonyl (C=O) groups excluding carboxylic acids is 1. The summed E-state index contributed by atoms with van der Waals surface area (Å²) < 4.78 is 11.5. The molecular weight excluding hydrogens is 426 g/mol. The van der Waals surface area contributed by atoms with Crippen molar-refractivity contribution >= 4 is 6.03 Å². The molecule has 0 spiro atoms. The van der Waals surface area contributed by atoms with E-state index in [1.54, 1.807) is 0 Å². The van der Waals surface area contributed by atoms with E-state index in [-0.39, 0.29) is 6.03 Å². The molecule has 1 aliphatic rings. The number of benzene rings is 3. The summed E-state index contributed by atoms with van der Waals surface area (Å²) in [4.78, 5) is 17.4. The molecule has 1 aliphatic heterocycles. The van der Waals surface area contributed by atoms with E-state index in [9.17, 15) is 4.79 Å². The number of urea groups is 1. The monoisotopic (exact) mass is 459 g/mol. The van der Waals surface area contributed by atoms with Gasteiger partial charge in [-0.05, 0) is 28.8 Å². The summed E-state index contributed by atoms with van der Waals surface area (Å²) in [6, 6.07) is 28.1. The van der Waals surface area contributed by atoms with Gasteiger partial charge in [0.15, 0.2) is 0 Å². The highest BCUT2D eigenvalue weighted by Crippen LogP contribution is 2.17. The van der Waals surface area contributed by atoms with Gasteiger partial charge in [-0.3, -0.25) is 4.90 Å². The zero-order chi connectivity index (χ0) is 23.4. The molecule has 3 aromatic rings. The highest BCUT2D eigenvalue weighted by atomic mass is 16.5. The van der Waals surface area contributed by atoms with Gasteiger partial charge in [-0.1, -0.05) is 72.8 Å². The minimum absolute atomic E-state index is 0.0623. The Kier molecular flexibility index (Phi) is 8.94. The number of rotatable bonds is 10. The largest absolute Gasteiger partial charge is 0.489 e. The summed E-state index contributed by atoms with van der Waals surface area (Å²) in [7, 11) is 0. The fourth-order valence-electron chi connectivity index (χ4n) is 3.92. The summed E-state index contributed by atoms with van der Waals surface area (Å²) >= 11 is 0. The molecule has 2 amide bonds. The van der Waals surface area contributed by atoms with Crippen LogP contribution >= 0.6 is 0 Å². The number of carbonyl (C=O) groups is 1. The molecule has 0 saturated carbocycles. The maximum Gasteiger partial charge on any atom is 0.318 e. The number of amides is 2. The van der Waals surface area contributed by atoms with Crippen LogP contribution in [-0.4, -0.2) is 55.2 Å². The van der Waals surface area contributed by atoms with Gasteiger partial charge in [-0.15, -0.1) is 0 Å². The summed E-state index contributed by atoms with van der Waals surface area (Å²) in [6.07, 6.45) is 0. The third-order valence-corrected chi connectivity index (χ3v) is 5.88. The second-order valence-electron chi connectivity index (χ2n) is 8.44. The molecule has 1 N–H and O–H groups in total. The maximum absolute atomic E-state index is 13.1. The quantitative estimate of drug-likeness (QED) is 0.491. The summed E-state index contributed by atoms with van der Waals surface area (Å²) in [5.41, 5.74) is 3.25. The summed E-state index contributed by atoms with van der Waals surface area (Å²) in [5, 5.41) is 3.08. The lowest BCUT2D eigenvalue weighted by Crippen LogP contribution is -2.45. The van der Waals surface area contributed by atoms with Crippen LogP contribution in [-0.2, 0) is 24.4 Å². The first kappa shape index (κ1) is 23.8. The molecule has 0 aliphatic carbocycles. The van der Waals surface area contributed by atoms with Crippen LogP contribution in [0.4, 0.5) is 4.79 Å². The van der Waals surface area contributed by atoms with Crippen molar-refractivity contribution in [2.75, 3.05) is 39.4 Å². The van der Waals surface area contributed by atoms with Crippen LogP contribution in [0.5, 0.6) is 5.75 Å². The number of morpholine rings is 1. The molecule has 0 aromatic heterocycles. The zero-order valence-electron chi connectivity index (χ0n) is 19.6. The van der Waals surface area contributed by atoms with Crippen molar-refractivity contribution in [1.82, 2.24) is 15.1 Å². The highest BCUT2D eigenvalue weighted by molar-refractivity contribution is 5.74. The average Bonchev–Trinajstić information content (AvgIpc) is 2.90. The van der Waals surface area contributed by atoms with E-state index in [1.165, 1.54) is 0 Å². The Morgan fingerprint density at radius 2 is 1.56 bits per heavy atom. The summed E-state index contributed by atoms with van der Waals surface area (Å²) in [5.74, 6) is 0.805. The van der Waals surface area contributed by atoms with Crippen LogP contribution in [0, 0.1) is 0 Å². The molecule has 1 saturated heterocycles. The lowest BCUT2D eigenvalue weighted by molar-refractivity contribution is 0.0346. The second kappa shape index (κ2) is 12.8. The van der Waals surface area contributed by atoms with Gasteiger partial charge in [0.05, 0.1) is 13.2 Å². The number of nitrogens with one attached hydrogen (secondary N) is 1. The Balaban J connectivity index is 1.38. The van der Waals surface area contributed by atoms with Crippen LogP contribution in [0.3, 0.4) is 0 Å². The second-order valence-corrected chi connectivity index (χ2v) is 8.44. The van der Waals surface area contributed by atoms with Gasteiger partial charge in [-0.2, -0.15) is 0 Å². The van der Waals surface area contributed by atoms with E-state index in [0.29, 0.717) is 26.2 Å². The van der Waals surface area contributed by atoms with E-state index in [2.05, 4.69) is 10.2 Å². The van der Waals surface area contributed by atoms with E-state index in [1.807, 2.05) is 89.8 Å². The zero-order valence-corrected chi connectivity index (χ0v) is 19.6. The van der Waals surface area contributed by atoms with Gasteiger partial charge >= 0.3 is 6.03 Å². The molecule has 0 atom stereocenters. The van der Waals surface area contributed by atoms with Gasteiger partial charge in [-0.25, -0.2) is 4.79 Å². The van der Waals surface area contributed by atoms with Gasteiger partial charge in [0.1, 0.15) is 12.4 Å². The molecule has 0 radical (unpaired) electrons. The Labute approximate surface area is 202 Å². The Bertz CT molecular complexity index is 1010. The van der Waals surface area contributed by atoms with Gasteiger partial charge in [0.25, 0.3) is 0 Å². The van der Waals surface area contributed by atoms with Gasteiger partial charge in [0.2, 0.25) is 0 Å². The molecule has 1 heterocycles. The lowest BCUT2D eigenvalue weighted by Gasteiger charge is -2.30. The smallest absolute Gasteiger partial charge is 0.318 e. The average molecular weight is 460 g/mol. The van der Waals surface area contributed by atoms with Crippen molar-refractivity contribution in [3.05, 3.63) is 102 Å². The molecular formula is C28H33N3O3. The fourth-order valence-corrected chi connectivity index (χ4v) is 3.92. The minimum Gasteiger partial charge on any atom is -0.489 e. The molecule has 178 valence electrons. The van der Waals surface area contributed by atoms with Crippen LogP contribution < -0.4 is 10.1 Å². The van der Waals surface area contributed by atoms with Gasteiger partial charge < -0.3 is 19.7 Å². The highest BCUT2D eigenvalue weighted by Gasteiger charge is 2.17. The number of ether oxygens (including phenoxy) is 2. The van der Waals surface area contributed by atoms with Crippen LogP contribution in [0.15, 0.2) is 84.9 Å². The molecule has 34 heavy (non-hydrogen) atoms. The topological polar surface area (TPSA) is 54.0 Å². The van der Waals surface area contributed by atoms with Crippen molar-refractivity contribution in [2.45, 2.75) is 19.7 Å². The molecule has 6 heteroatoms. The van der Waals surface area contributed by atoms with Crippen LogP contribution in [0.1, 0.15) is 16.7 Å². The molecule has 3 aromatic carbocycles. The third kappa shape index (κ3) is 7.61. The Hall–Kier alpha value is -3.35. The van der Waals surface area contributed by atoms with Crippen molar-refractivity contribution in [1.29, 1.82) is 0 Å². The SMILES string of the molecule is O=C(NCc1ccccc1)N(CCN1CCOCC1)Cc1cccc(OCc2ccccc2)c1. The number of hydrogen-bond acceptors (Lipinski definition) is 4. The standard InChI is InChI=1S/C28H33N3O3/c32-28(29-21-24-8-3-1-4-9-24)31(15-14-30-16-18-33-19-17-30)22-26-12-7-13-27(20-26)34-23-25-10-5-2-6-11-25/h1-13,20H,14-19,21-23H2,(H,29,32). The Morgan fingerprint density at radius 3 is 2.29 bits per heavy atom. The maximum atomic E-state index is 13.1. The van der Waals surface area contributed by atoms with E-state index < -0.39 is 0 Å². The molecule has 0 bridgehead atoms. The Morgan fingerprint density at radius 1 is 0.882 bits per heavy atom. The van der Waals surface area contributed by atoms with Crippen molar-refractivity contribution < 1.29 is 14.3 Å². The normalized spacial score (nSPS) is 13.9. The predicted octanol–water partition coefficient (Wildman–Crippen LogP) is 4.31. The first-order valence-electron chi connectivity index (χ1n) is 11.9. The molecule has 6 nitrogen and oxygen atoms in total. The molecule has 0 unspecified atom stereocenters. The third-order valence-electron chi connectivity index (χ3n) is 5.88. The molecule has 4 rings (SSSR count). The first-order valence-corrected chi connectivity index (χ1v) is 11.9. The van der Waals surface area contributed by atoms with Crippen LogP contribution in [0.25, 0.3) is 0 Å². The van der Waals surface area contributed by atoms with Crippen molar-refractivity contribution in [3.8, 4) is 5.75 Å². The van der Waals surface area contributed by atoms with E-state index >= 15 is 0 Å². The van der Waals surface area contributed by atoms with Crippen molar-refractivity contribution in [2.24, 2.45) is 0 Å². The minimum atomic E-state index is -0.0623. The number of nitrogens with zero attached hydrogens (tertiary/aromatic N) is 2. The number of hydrogen-bond donors (Lipinski definition) is 1. The summed E-state index contributed by atoms with van der Waals surface area (Å²) in [6.45, 7) is 6.33.